The minimum atomic E-state index is -0.0808. The van der Waals surface area contributed by atoms with Crippen molar-refractivity contribution < 1.29 is 4.79 Å². The standard InChI is InChI=1S/C18H25BrN4O/c1-13-16(17(24)20-11-18(2,3)12-22(4)5)10-21-23(13)15-8-6-14(19)7-9-15/h6-10H,11-12H2,1-5H3,(H,20,24). The average Bonchev–Trinajstić information content (AvgIpc) is 2.86. The zero-order chi connectivity index (χ0) is 17.9. The molecule has 1 amide bonds. The molecular formula is C18H25BrN4O. The maximum atomic E-state index is 12.5. The van der Waals surface area contributed by atoms with Gasteiger partial charge in [-0.3, -0.25) is 4.79 Å². The summed E-state index contributed by atoms with van der Waals surface area (Å²) in [4.78, 5) is 14.6. The highest BCUT2D eigenvalue weighted by molar-refractivity contribution is 9.10. The molecule has 0 bridgehead atoms. The Morgan fingerprint density at radius 2 is 1.92 bits per heavy atom. The maximum absolute atomic E-state index is 12.5. The second-order valence-corrected chi connectivity index (χ2v) is 8.03. The summed E-state index contributed by atoms with van der Waals surface area (Å²) in [6.45, 7) is 7.73. The number of carbonyl (C=O) groups excluding carboxylic acids is 1. The molecule has 130 valence electrons. The molecule has 0 radical (unpaired) electrons. The zero-order valence-electron chi connectivity index (χ0n) is 14.9. The first kappa shape index (κ1) is 18.7. The molecule has 0 atom stereocenters. The minimum absolute atomic E-state index is 0.00870. The summed E-state index contributed by atoms with van der Waals surface area (Å²) in [5.41, 5.74) is 2.39. The van der Waals surface area contributed by atoms with Gasteiger partial charge in [0, 0.05) is 17.6 Å². The van der Waals surface area contributed by atoms with Crippen LogP contribution in [0, 0.1) is 12.3 Å². The number of nitrogens with zero attached hydrogens (tertiary/aromatic N) is 3. The second-order valence-electron chi connectivity index (χ2n) is 7.12. The van der Waals surface area contributed by atoms with Gasteiger partial charge in [0.2, 0.25) is 0 Å². The van der Waals surface area contributed by atoms with Crippen molar-refractivity contribution in [1.82, 2.24) is 20.0 Å². The number of nitrogens with one attached hydrogen (secondary N) is 1. The fraction of sp³-hybridized carbons (Fsp3) is 0.444. The van der Waals surface area contributed by atoms with Gasteiger partial charge in [0.05, 0.1) is 23.1 Å². The second kappa shape index (κ2) is 7.49. The molecule has 0 saturated carbocycles. The van der Waals surface area contributed by atoms with Gasteiger partial charge in [0.15, 0.2) is 0 Å². The third-order valence-corrected chi connectivity index (χ3v) is 4.33. The van der Waals surface area contributed by atoms with E-state index >= 15 is 0 Å². The number of benzene rings is 1. The van der Waals surface area contributed by atoms with E-state index in [0.717, 1.165) is 22.4 Å². The van der Waals surface area contributed by atoms with Crippen molar-refractivity contribution in [2.24, 2.45) is 5.41 Å². The number of hydrogen-bond donors (Lipinski definition) is 1. The molecule has 0 aliphatic carbocycles. The number of rotatable bonds is 6. The molecule has 0 fully saturated rings. The van der Waals surface area contributed by atoms with E-state index in [-0.39, 0.29) is 11.3 Å². The van der Waals surface area contributed by atoms with Crippen LogP contribution in [0.15, 0.2) is 34.9 Å². The summed E-state index contributed by atoms with van der Waals surface area (Å²) in [5.74, 6) is -0.0808. The normalized spacial score (nSPS) is 11.8. The lowest BCUT2D eigenvalue weighted by Gasteiger charge is -2.28. The first-order valence-corrected chi connectivity index (χ1v) is 8.72. The van der Waals surface area contributed by atoms with Crippen LogP contribution in [0.1, 0.15) is 29.9 Å². The lowest BCUT2D eigenvalue weighted by Crippen LogP contribution is -2.40. The van der Waals surface area contributed by atoms with Gasteiger partial charge >= 0.3 is 0 Å². The first-order valence-electron chi connectivity index (χ1n) is 7.93. The van der Waals surface area contributed by atoms with E-state index in [1.165, 1.54) is 0 Å². The number of amides is 1. The highest BCUT2D eigenvalue weighted by Crippen LogP contribution is 2.18. The minimum Gasteiger partial charge on any atom is -0.351 e. The van der Waals surface area contributed by atoms with E-state index in [1.54, 1.807) is 10.9 Å². The highest BCUT2D eigenvalue weighted by Gasteiger charge is 2.22. The van der Waals surface area contributed by atoms with Crippen molar-refractivity contribution in [3.8, 4) is 5.69 Å². The Balaban J connectivity index is 2.10. The summed E-state index contributed by atoms with van der Waals surface area (Å²) in [5, 5.41) is 7.39. The van der Waals surface area contributed by atoms with Gasteiger partial charge in [-0.25, -0.2) is 4.68 Å². The van der Waals surface area contributed by atoms with Gasteiger partial charge in [-0.1, -0.05) is 29.8 Å². The van der Waals surface area contributed by atoms with Gasteiger partial charge in [0.25, 0.3) is 5.91 Å². The van der Waals surface area contributed by atoms with Crippen LogP contribution in [0.4, 0.5) is 0 Å². The Labute approximate surface area is 152 Å². The van der Waals surface area contributed by atoms with Crippen molar-refractivity contribution in [3.63, 3.8) is 0 Å². The fourth-order valence-electron chi connectivity index (χ4n) is 2.80. The van der Waals surface area contributed by atoms with Gasteiger partial charge in [0.1, 0.15) is 0 Å². The Morgan fingerprint density at radius 3 is 2.50 bits per heavy atom. The number of hydrogen-bond acceptors (Lipinski definition) is 3. The molecular weight excluding hydrogens is 368 g/mol. The van der Waals surface area contributed by atoms with Crippen molar-refractivity contribution in [1.29, 1.82) is 0 Å². The van der Waals surface area contributed by atoms with E-state index in [4.69, 9.17) is 0 Å². The molecule has 0 spiro atoms. The smallest absolute Gasteiger partial charge is 0.254 e. The third kappa shape index (κ3) is 4.68. The summed E-state index contributed by atoms with van der Waals surface area (Å²) in [7, 11) is 4.08. The summed E-state index contributed by atoms with van der Waals surface area (Å²) >= 11 is 3.42. The lowest BCUT2D eigenvalue weighted by atomic mass is 9.93. The molecule has 1 aromatic carbocycles. The zero-order valence-corrected chi connectivity index (χ0v) is 16.5. The molecule has 0 unspecified atom stereocenters. The van der Waals surface area contributed by atoms with E-state index in [1.807, 2.05) is 45.3 Å². The van der Waals surface area contributed by atoms with Crippen molar-refractivity contribution in [3.05, 3.63) is 46.2 Å². The van der Waals surface area contributed by atoms with Crippen LogP contribution in [-0.2, 0) is 0 Å². The van der Waals surface area contributed by atoms with Crippen LogP contribution < -0.4 is 5.32 Å². The molecule has 1 aromatic heterocycles. The van der Waals surface area contributed by atoms with Gasteiger partial charge in [-0.15, -0.1) is 0 Å². The molecule has 24 heavy (non-hydrogen) atoms. The molecule has 6 heteroatoms. The van der Waals surface area contributed by atoms with E-state index < -0.39 is 0 Å². The van der Waals surface area contributed by atoms with Crippen LogP contribution in [0.5, 0.6) is 0 Å². The Kier molecular flexibility index (Phi) is 5.83. The number of aromatic nitrogens is 2. The van der Waals surface area contributed by atoms with Crippen molar-refractivity contribution >= 4 is 21.8 Å². The van der Waals surface area contributed by atoms with Crippen LogP contribution in [0.2, 0.25) is 0 Å². The Hall–Kier alpha value is -1.66. The number of carbonyl (C=O) groups is 1. The topological polar surface area (TPSA) is 50.2 Å². The summed E-state index contributed by atoms with van der Waals surface area (Å²) < 4.78 is 2.80. The SMILES string of the molecule is Cc1c(C(=O)NCC(C)(C)CN(C)C)cnn1-c1ccc(Br)cc1. The molecule has 2 aromatic rings. The van der Waals surface area contributed by atoms with Crippen LogP contribution >= 0.6 is 15.9 Å². The molecule has 2 rings (SSSR count). The predicted octanol–water partition coefficient (Wildman–Crippen LogP) is 3.26. The van der Waals surface area contributed by atoms with Gasteiger partial charge in [-0.2, -0.15) is 5.10 Å². The predicted molar refractivity (Wildman–Crippen MR) is 101 cm³/mol. The molecule has 0 aliphatic heterocycles. The lowest BCUT2D eigenvalue weighted by molar-refractivity contribution is 0.0928. The van der Waals surface area contributed by atoms with E-state index in [0.29, 0.717) is 12.1 Å². The Morgan fingerprint density at radius 1 is 1.29 bits per heavy atom. The largest absolute Gasteiger partial charge is 0.351 e. The molecule has 1 N–H and O–H groups in total. The molecule has 0 aliphatic rings. The first-order chi connectivity index (χ1) is 11.2. The number of halogens is 1. The maximum Gasteiger partial charge on any atom is 0.254 e. The van der Waals surface area contributed by atoms with Gasteiger partial charge < -0.3 is 10.2 Å². The van der Waals surface area contributed by atoms with Crippen molar-refractivity contribution in [2.75, 3.05) is 27.2 Å². The quantitative estimate of drug-likeness (QED) is 0.820. The average molecular weight is 393 g/mol. The third-order valence-electron chi connectivity index (χ3n) is 3.80. The fourth-order valence-corrected chi connectivity index (χ4v) is 3.07. The van der Waals surface area contributed by atoms with Crippen LogP contribution in [0.3, 0.4) is 0 Å². The molecule has 1 heterocycles. The Bertz CT molecular complexity index is 704. The van der Waals surface area contributed by atoms with Crippen LogP contribution in [0.25, 0.3) is 5.69 Å². The van der Waals surface area contributed by atoms with Crippen molar-refractivity contribution in [2.45, 2.75) is 20.8 Å². The summed E-state index contributed by atoms with van der Waals surface area (Å²) in [6.07, 6.45) is 1.63. The van der Waals surface area contributed by atoms with Crippen LogP contribution in [-0.4, -0.2) is 47.8 Å². The molecule has 5 nitrogen and oxygen atoms in total. The van der Waals surface area contributed by atoms with Gasteiger partial charge in [-0.05, 0) is 50.7 Å². The highest BCUT2D eigenvalue weighted by atomic mass is 79.9. The monoisotopic (exact) mass is 392 g/mol. The van der Waals surface area contributed by atoms with E-state index in [9.17, 15) is 4.79 Å². The van der Waals surface area contributed by atoms with E-state index in [2.05, 4.69) is 45.1 Å². The summed E-state index contributed by atoms with van der Waals surface area (Å²) in [6, 6.07) is 7.85. The molecule has 0 saturated heterocycles.